The summed E-state index contributed by atoms with van der Waals surface area (Å²) in [6, 6.07) is -0.656. The molecule has 0 rings (SSSR count). The average molecular weight is 820 g/mol. The lowest BCUT2D eigenvalue weighted by atomic mass is 10.0. The Morgan fingerprint density at radius 1 is 0.424 bits per heavy atom. The van der Waals surface area contributed by atoms with Gasteiger partial charge in [-0.3, -0.25) is 4.79 Å². The van der Waals surface area contributed by atoms with E-state index in [0.717, 1.165) is 70.6 Å². The summed E-state index contributed by atoms with van der Waals surface area (Å²) in [5, 5.41) is 23.1. The summed E-state index contributed by atoms with van der Waals surface area (Å²) in [4.78, 5) is 12.4. The fourth-order valence-corrected chi connectivity index (χ4v) is 7.26. The van der Waals surface area contributed by atoms with Crippen LogP contribution in [0.2, 0.25) is 0 Å². The van der Waals surface area contributed by atoms with E-state index in [-0.39, 0.29) is 12.5 Å². The van der Waals surface area contributed by atoms with Gasteiger partial charge in [-0.2, -0.15) is 0 Å². The molecule has 2 atom stereocenters. The van der Waals surface area contributed by atoms with E-state index in [4.69, 9.17) is 0 Å². The van der Waals surface area contributed by atoms with Gasteiger partial charge in [-0.05, 0) is 83.5 Å². The third-order valence-electron chi connectivity index (χ3n) is 11.1. The van der Waals surface area contributed by atoms with E-state index in [1.807, 2.05) is 6.08 Å². The first-order chi connectivity index (χ1) is 29.2. The molecule has 0 aliphatic rings. The lowest BCUT2D eigenvalue weighted by molar-refractivity contribution is -0.123. The van der Waals surface area contributed by atoms with Crippen molar-refractivity contribution in [2.75, 3.05) is 6.61 Å². The number of allylic oxidation sites excluding steroid dienone is 13. The molecule has 59 heavy (non-hydrogen) atoms. The molecule has 0 aromatic carbocycles. The second kappa shape index (κ2) is 49.9. The van der Waals surface area contributed by atoms with Crippen LogP contribution in [0.1, 0.15) is 239 Å². The van der Waals surface area contributed by atoms with Gasteiger partial charge in [0.15, 0.2) is 0 Å². The van der Waals surface area contributed by atoms with E-state index < -0.39 is 12.1 Å². The maximum absolute atomic E-state index is 12.4. The fourth-order valence-electron chi connectivity index (χ4n) is 7.26. The molecule has 0 aromatic rings. The second-order valence-corrected chi connectivity index (χ2v) is 16.8. The Hall–Kier alpha value is -2.43. The van der Waals surface area contributed by atoms with Crippen molar-refractivity contribution in [3.8, 4) is 0 Å². The van der Waals surface area contributed by atoms with Crippen molar-refractivity contribution in [2.45, 2.75) is 251 Å². The summed E-state index contributed by atoms with van der Waals surface area (Å²) >= 11 is 0. The molecule has 0 saturated carbocycles. The first-order valence-electron chi connectivity index (χ1n) is 25.3. The van der Waals surface area contributed by atoms with E-state index in [9.17, 15) is 15.0 Å². The predicted molar refractivity (Wildman–Crippen MR) is 262 cm³/mol. The fraction of sp³-hybridized carbons (Fsp3) is 0.727. The average Bonchev–Trinajstić information content (AvgIpc) is 3.24. The molecular formula is C55H97NO3. The lowest BCUT2D eigenvalue weighted by Gasteiger charge is -2.19. The van der Waals surface area contributed by atoms with Gasteiger partial charge in [0, 0.05) is 6.42 Å². The molecule has 0 aliphatic heterocycles. The Balaban J connectivity index is 3.63. The number of nitrogens with one attached hydrogen (secondary N) is 1. The highest BCUT2D eigenvalue weighted by atomic mass is 16.3. The van der Waals surface area contributed by atoms with Crippen LogP contribution in [-0.2, 0) is 4.79 Å². The molecule has 0 fully saturated rings. The van der Waals surface area contributed by atoms with Gasteiger partial charge in [-0.15, -0.1) is 0 Å². The van der Waals surface area contributed by atoms with Gasteiger partial charge in [0.05, 0.1) is 18.8 Å². The van der Waals surface area contributed by atoms with Crippen LogP contribution in [0.3, 0.4) is 0 Å². The highest BCUT2D eigenvalue weighted by Gasteiger charge is 2.17. The topological polar surface area (TPSA) is 69.6 Å². The highest BCUT2D eigenvalue weighted by Crippen LogP contribution is 2.15. The van der Waals surface area contributed by atoms with Gasteiger partial charge in [-0.1, -0.05) is 234 Å². The van der Waals surface area contributed by atoms with Crippen molar-refractivity contribution in [1.29, 1.82) is 0 Å². The Morgan fingerprint density at radius 2 is 0.763 bits per heavy atom. The Morgan fingerprint density at radius 3 is 1.19 bits per heavy atom. The number of aliphatic hydroxyl groups excluding tert-OH is 2. The van der Waals surface area contributed by atoms with Crippen molar-refractivity contribution in [3.05, 3.63) is 85.1 Å². The summed E-state index contributed by atoms with van der Waals surface area (Å²) in [7, 11) is 0. The summed E-state index contributed by atoms with van der Waals surface area (Å²) in [5.74, 6) is -0.0886. The molecule has 2 unspecified atom stereocenters. The first-order valence-corrected chi connectivity index (χ1v) is 25.3. The van der Waals surface area contributed by atoms with Crippen molar-refractivity contribution < 1.29 is 15.0 Å². The number of amides is 1. The van der Waals surface area contributed by atoms with Gasteiger partial charge < -0.3 is 15.5 Å². The van der Waals surface area contributed by atoms with Crippen LogP contribution >= 0.6 is 0 Å². The van der Waals surface area contributed by atoms with Gasteiger partial charge in [0.1, 0.15) is 0 Å². The van der Waals surface area contributed by atoms with E-state index in [2.05, 4.69) is 92.1 Å². The van der Waals surface area contributed by atoms with E-state index in [1.54, 1.807) is 6.08 Å². The number of unbranched alkanes of at least 4 members (excludes halogenated alkanes) is 26. The van der Waals surface area contributed by atoms with E-state index >= 15 is 0 Å². The molecule has 3 N–H and O–H groups in total. The predicted octanol–water partition coefficient (Wildman–Crippen LogP) is 16.4. The molecule has 0 radical (unpaired) electrons. The third kappa shape index (κ3) is 46.5. The molecular weight excluding hydrogens is 723 g/mol. The molecule has 0 spiro atoms. The molecule has 0 aliphatic carbocycles. The molecule has 0 saturated heterocycles. The lowest BCUT2D eigenvalue weighted by Crippen LogP contribution is -2.45. The summed E-state index contributed by atoms with van der Waals surface area (Å²) in [6.07, 6.45) is 72.9. The van der Waals surface area contributed by atoms with E-state index in [1.165, 1.54) is 148 Å². The third-order valence-corrected chi connectivity index (χ3v) is 11.1. The largest absolute Gasteiger partial charge is 0.394 e. The van der Waals surface area contributed by atoms with Crippen LogP contribution in [0.15, 0.2) is 85.1 Å². The molecule has 4 heteroatoms. The Labute approximate surface area is 367 Å². The van der Waals surface area contributed by atoms with Gasteiger partial charge in [-0.25, -0.2) is 0 Å². The maximum Gasteiger partial charge on any atom is 0.220 e. The zero-order chi connectivity index (χ0) is 42.8. The summed E-state index contributed by atoms with van der Waals surface area (Å²) in [5.41, 5.74) is 0. The maximum atomic E-state index is 12.4. The number of hydrogen-bond donors (Lipinski definition) is 3. The van der Waals surface area contributed by atoms with Crippen LogP contribution in [0, 0.1) is 0 Å². The summed E-state index contributed by atoms with van der Waals surface area (Å²) in [6.45, 7) is 4.18. The van der Waals surface area contributed by atoms with Crippen LogP contribution in [0.5, 0.6) is 0 Å². The standard InChI is InChI=1S/C55H97NO3/c1-3-5-7-9-11-13-15-17-19-21-23-25-26-27-28-29-31-32-34-36-38-40-42-44-46-48-50-54(58)53(52-57)56-55(59)51-49-47-45-43-41-39-37-35-33-30-24-22-20-18-16-14-12-10-8-6-4-2/h6,8,12,14,18,20,24,30,32,34,40,42,48,50,53-54,57-58H,3-5,7,9-11,13,15-17,19,21-23,25-29,31,33,35-39,41,43-47,49,51-52H2,1-2H3,(H,56,59)/b8-6-,14-12-,20-18-,30-24-,34-32+,42-40+,50-48+. The quantitative estimate of drug-likeness (QED) is 0.0423. The minimum absolute atomic E-state index is 0.0886. The Bertz CT molecular complexity index is 1070. The second-order valence-electron chi connectivity index (χ2n) is 16.8. The van der Waals surface area contributed by atoms with Crippen molar-refractivity contribution in [3.63, 3.8) is 0 Å². The number of hydrogen-bond acceptors (Lipinski definition) is 3. The first kappa shape index (κ1) is 56.6. The van der Waals surface area contributed by atoms with Crippen LogP contribution < -0.4 is 5.32 Å². The molecule has 340 valence electrons. The van der Waals surface area contributed by atoms with Crippen molar-refractivity contribution >= 4 is 5.91 Å². The van der Waals surface area contributed by atoms with Crippen LogP contribution in [0.25, 0.3) is 0 Å². The molecule has 0 heterocycles. The normalized spacial score (nSPS) is 13.6. The molecule has 0 bridgehead atoms. The number of carbonyl (C=O) groups excluding carboxylic acids is 1. The highest BCUT2D eigenvalue weighted by molar-refractivity contribution is 5.76. The van der Waals surface area contributed by atoms with Gasteiger partial charge in [0.25, 0.3) is 0 Å². The minimum Gasteiger partial charge on any atom is -0.394 e. The van der Waals surface area contributed by atoms with Crippen LogP contribution in [0.4, 0.5) is 0 Å². The smallest absolute Gasteiger partial charge is 0.220 e. The van der Waals surface area contributed by atoms with E-state index in [0.29, 0.717) is 6.42 Å². The zero-order valence-electron chi connectivity index (χ0n) is 39.0. The molecule has 1 amide bonds. The number of carbonyl (C=O) groups is 1. The monoisotopic (exact) mass is 820 g/mol. The Kier molecular flexibility index (Phi) is 47.9. The van der Waals surface area contributed by atoms with Gasteiger partial charge in [0.2, 0.25) is 5.91 Å². The summed E-state index contributed by atoms with van der Waals surface area (Å²) < 4.78 is 0. The molecule has 4 nitrogen and oxygen atoms in total. The molecule has 0 aromatic heterocycles. The number of rotatable bonds is 45. The zero-order valence-corrected chi connectivity index (χ0v) is 39.0. The van der Waals surface area contributed by atoms with Gasteiger partial charge >= 0.3 is 0 Å². The van der Waals surface area contributed by atoms with Crippen molar-refractivity contribution in [2.24, 2.45) is 0 Å². The minimum atomic E-state index is -0.879. The SMILES string of the molecule is CC/C=C\C/C=C\C/C=C\C/C=C\CCCCCCCCCCC(=O)NC(CO)C(O)/C=C/CC/C=C/CC/C=C/CCCCCCCCCCCCCCCCCC. The van der Waals surface area contributed by atoms with Crippen LogP contribution in [-0.4, -0.2) is 34.9 Å². The van der Waals surface area contributed by atoms with Crippen molar-refractivity contribution in [1.82, 2.24) is 5.32 Å². The number of aliphatic hydroxyl groups is 2.